The van der Waals surface area contributed by atoms with E-state index in [-0.39, 0.29) is 18.3 Å². The number of halogens is 3. The first kappa shape index (κ1) is 23.8. The molecule has 0 bridgehead atoms. The van der Waals surface area contributed by atoms with Crippen LogP contribution in [0, 0.1) is 0 Å². The number of anilines is 1. The van der Waals surface area contributed by atoms with E-state index < -0.39 is 36.6 Å². The van der Waals surface area contributed by atoms with E-state index in [1.165, 1.54) is 23.5 Å². The fraction of sp³-hybridized carbons (Fsp3) is 0.381. The molecule has 1 aromatic carbocycles. The van der Waals surface area contributed by atoms with Crippen LogP contribution >= 0.6 is 11.3 Å². The Morgan fingerprint density at radius 3 is 2.82 bits per heavy atom. The number of rotatable bonds is 8. The molecule has 3 aromatic rings. The molecule has 0 radical (unpaired) electrons. The normalized spacial score (nSPS) is 15.9. The molecule has 2 aromatic heterocycles. The van der Waals surface area contributed by atoms with Gasteiger partial charge in [-0.3, -0.25) is 9.59 Å². The highest BCUT2D eigenvalue weighted by atomic mass is 32.1. The Balaban J connectivity index is 1.51. The van der Waals surface area contributed by atoms with Gasteiger partial charge in [-0.1, -0.05) is 12.1 Å². The van der Waals surface area contributed by atoms with Crippen molar-refractivity contribution in [1.29, 1.82) is 0 Å². The van der Waals surface area contributed by atoms with Crippen LogP contribution in [0.5, 0.6) is 0 Å². The van der Waals surface area contributed by atoms with Crippen molar-refractivity contribution in [3.63, 3.8) is 0 Å². The lowest BCUT2D eigenvalue weighted by Crippen LogP contribution is -2.44. The average molecular weight is 494 g/mol. The molecule has 1 N–H and O–H groups in total. The summed E-state index contributed by atoms with van der Waals surface area (Å²) in [6.07, 6.45) is -3.01. The first-order valence-corrected chi connectivity index (χ1v) is 11.3. The number of alkyl halides is 3. The number of nitrogens with zero attached hydrogens (tertiary/aromatic N) is 5. The van der Waals surface area contributed by atoms with Crippen molar-refractivity contribution in [2.45, 2.75) is 31.7 Å². The maximum absolute atomic E-state index is 13.2. The van der Waals surface area contributed by atoms with E-state index in [1.807, 2.05) is 11.4 Å². The lowest BCUT2D eigenvalue weighted by molar-refractivity contribution is -0.137. The number of amides is 2. The molecule has 0 unspecified atom stereocenters. The van der Waals surface area contributed by atoms with Crippen LogP contribution in [-0.2, 0) is 27.0 Å². The average Bonchev–Trinajstić information content (AvgIpc) is 3.58. The Kier molecular flexibility index (Phi) is 7.22. The van der Waals surface area contributed by atoms with E-state index in [4.69, 9.17) is 4.74 Å². The maximum atomic E-state index is 13.2. The zero-order valence-electron chi connectivity index (χ0n) is 17.9. The van der Waals surface area contributed by atoms with Crippen molar-refractivity contribution in [3.05, 3.63) is 47.3 Å². The summed E-state index contributed by atoms with van der Waals surface area (Å²) in [6, 6.07) is 7.86. The number of nitrogens with one attached hydrogen (secondary N) is 1. The number of carbonyl (C=O) groups is 2. The van der Waals surface area contributed by atoms with Gasteiger partial charge in [0, 0.05) is 18.8 Å². The molecule has 0 saturated carbocycles. The predicted molar refractivity (Wildman–Crippen MR) is 117 cm³/mol. The SMILES string of the molecule is O=C(CN(C(=O)Cn1nnc(-c2cccs2)n1)c1cccc(C(F)(F)F)c1)NC[C@H]1CCCO1. The summed E-state index contributed by atoms with van der Waals surface area (Å²) in [5.74, 6) is -0.864. The van der Waals surface area contributed by atoms with Crippen LogP contribution in [0.1, 0.15) is 18.4 Å². The molecule has 0 spiro atoms. The van der Waals surface area contributed by atoms with E-state index in [0.717, 1.165) is 39.5 Å². The van der Waals surface area contributed by atoms with Gasteiger partial charge in [0.25, 0.3) is 5.91 Å². The second-order valence-corrected chi connectivity index (χ2v) is 8.54. The molecule has 180 valence electrons. The van der Waals surface area contributed by atoms with Crippen LogP contribution in [-0.4, -0.2) is 57.8 Å². The number of aromatic nitrogens is 4. The van der Waals surface area contributed by atoms with Gasteiger partial charge in [0.2, 0.25) is 11.7 Å². The smallest absolute Gasteiger partial charge is 0.376 e. The van der Waals surface area contributed by atoms with Crippen molar-refractivity contribution in [3.8, 4) is 10.7 Å². The topological polar surface area (TPSA) is 102 Å². The quantitative estimate of drug-likeness (QED) is 0.517. The summed E-state index contributed by atoms with van der Waals surface area (Å²) >= 11 is 1.40. The van der Waals surface area contributed by atoms with E-state index >= 15 is 0 Å². The number of hydrogen-bond donors (Lipinski definition) is 1. The molecule has 34 heavy (non-hydrogen) atoms. The minimum Gasteiger partial charge on any atom is -0.376 e. The molecular formula is C21H21F3N6O3S. The highest BCUT2D eigenvalue weighted by Crippen LogP contribution is 2.31. The van der Waals surface area contributed by atoms with Gasteiger partial charge in [-0.2, -0.15) is 18.0 Å². The summed E-state index contributed by atoms with van der Waals surface area (Å²) in [5.41, 5.74) is -0.993. The highest BCUT2D eigenvalue weighted by Gasteiger charge is 2.32. The van der Waals surface area contributed by atoms with Crippen LogP contribution in [0.25, 0.3) is 10.7 Å². The third kappa shape index (κ3) is 5.97. The van der Waals surface area contributed by atoms with Gasteiger partial charge in [0.1, 0.15) is 13.1 Å². The van der Waals surface area contributed by atoms with E-state index in [1.54, 1.807) is 6.07 Å². The van der Waals surface area contributed by atoms with Gasteiger partial charge in [-0.25, -0.2) is 0 Å². The minimum absolute atomic E-state index is 0.0642. The standard InChI is InChI=1S/C21H21F3N6O3S/c22-21(23,24)14-4-1-5-15(10-14)29(12-18(31)25-11-16-6-2-8-33-16)19(32)13-30-27-20(26-28-30)17-7-3-9-34-17/h1,3-5,7,9-10,16H,2,6,8,11-13H2,(H,25,31)/t16-/m1/s1. The Bertz CT molecular complexity index is 1130. The molecule has 0 aliphatic carbocycles. The first-order valence-electron chi connectivity index (χ1n) is 10.5. The third-order valence-corrected chi connectivity index (χ3v) is 5.98. The number of benzene rings is 1. The molecule has 3 heterocycles. The Hall–Kier alpha value is -3.32. The number of ether oxygens (including phenoxy) is 1. The second kappa shape index (κ2) is 10.3. The second-order valence-electron chi connectivity index (χ2n) is 7.59. The van der Waals surface area contributed by atoms with E-state index in [9.17, 15) is 22.8 Å². The maximum Gasteiger partial charge on any atom is 0.416 e. The molecule has 1 aliphatic rings. The monoisotopic (exact) mass is 494 g/mol. The van der Waals surface area contributed by atoms with Crippen molar-refractivity contribution in [1.82, 2.24) is 25.5 Å². The van der Waals surface area contributed by atoms with Gasteiger partial charge < -0.3 is 15.0 Å². The van der Waals surface area contributed by atoms with Crippen LogP contribution < -0.4 is 10.2 Å². The van der Waals surface area contributed by atoms with E-state index in [0.29, 0.717) is 12.4 Å². The zero-order valence-corrected chi connectivity index (χ0v) is 18.7. The molecule has 1 saturated heterocycles. The molecule has 9 nitrogen and oxygen atoms in total. The highest BCUT2D eigenvalue weighted by molar-refractivity contribution is 7.13. The number of thiophene rings is 1. The van der Waals surface area contributed by atoms with Crippen LogP contribution in [0.15, 0.2) is 41.8 Å². The van der Waals surface area contributed by atoms with Crippen molar-refractivity contribution >= 4 is 28.8 Å². The van der Waals surface area contributed by atoms with Gasteiger partial charge in [-0.05, 0) is 47.7 Å². The number of tetrazole rings is 1. The summed E-state index contributed by atoms with van der Waals surface area (Å²) in [6.45, 7) is -0.00100. The molecular weight excluding hydrogens is 473 g/mol. The van der Waals surface area contributed by atoms with Crippen LogP contribution in [0.3, 0.4) is 0 Å². The fourth-order valence-corrected chi connectivity index (χ4v) is 4.08. The van der Waals surface area contributed by atoms with Crippen molar-refractivity contribution in [2.75, 3.05) is 24.6 Å². The van der Waals surface area contributed by atoms with Crippen molar-refractivity contribution in [2.24, 2.45) is 0 Å². The van der Waals surface area contributed by atoms with E-state index in [2.05, 4.69) is 20.7 Å². The lowest BCUT2D eigenvalue weighted by Gasteiger charge is -2.23. The first-order chi connectivity index (χ1) is 16.3. The van der Waals surface area contributed by atoms with Gasteiger partial charge in [0.05, 0.1) is 16.5 Å². The van der Waals surface area contributed by atoms with Crippen LogP contribution in [0.2, 0.25) is 0 Å². The molecule has 1 atom stereocenters. The van der Waals surface area contributed by atoms with Gasteiger partial charge >= 0.3 is 6.18 Å². The van der Waals surface area contributed by atoms with Crippen molar-refractivity contribution < 1.29 is 27.5 Å². The summed E-state index contributed by atoms with van der Waals surface area (Å²) in [4.78, 5) is 28.4. The zero-order chi connectivity index (χ0) is 24.1. The Morgan fingerprint density at radius 1 is 1.26 bits per heavy atom. The molecule has 13 heteroatoms. The van der Waals surface area contributed by atoms with Crippen LogP contribution in [0.4, 0.5) is 18.9 Å². The van der Waals surface area contributed by atoms with Gasteiger partial charge in [-0.15, -0.1) is 21.5 Å². The summed E-state index contributed by atoms with van der Waals surface area (Å²) in [7, 11) is 0. The summed E-state index contributed by atoms with van der Waals surface area (Å²) < 4.78 is 45.2. The fourth-order valence-electron chi connectivity index (χ4n) is 3.43. The molecule has 1 fully saturated rings. The minimum atomic E-state index is -4.60. The van der Waals surface area contributed by atoms with Gasteiger partial charge in [0.15, 0.2) is 0 Å². The summed E-state index contributed by atoms with van der Waals surface area (Å²) in [5, 5.41) is 16.4. The number of hydrogen-bond acceptors (Lipinski definition) is 7. The Morgan fingerprint density at radius 2 is 2.12 bits per heavy atom. The molecule has 4 rings (SSSR count). The lowest BCUT2D eigenvalue weighted by atomic mass is 10.1. The third-order valence-electron chi connectivity index (χ3n) is 5.11. The Labute approximate surface area is 196 Å². The number of carbonyl (C=O) groups excluding carboxylic acids is 2. The predicted octanol–water partition coefficient (Wildman–Crippen LogP) is 2.75. The largest absolute Gasteiger partial charge is 0.416 e. The molecule has 1 aliphatic heterocycles. The molecule has 2 amide bonds.